The van der Waals surface area contributed by atoms with Crippen LogP contribution in [-0.4, -0.2) is 29.9 Å². The molecule has 1 saturated heterocycles. The molecule has 0 atom stereocenters. The van der Waals surface area contributed by atoms with Crippen molar-refractivity contribution in [1.29, 1.82) is 0 Å². The molecule has 23 heavy (non-hydrogen) atoms. The zero-order valence-corrected chi connectivity index (χ0v) is 15.1. The molecule has 0 bridgehead atoms. The molecule has 2 amide bonds. The highest BCUT2D eigenvalue weighted by molar-refractivity contribution is 8.19. The van der Waals surface area contributed by atoms with Crippen LogP contribution in [0.2, 0.25) is 0 Å². The third-order valence-corrected chi connectivity index (χ3v) is 6.62. The summed E-state index contributed by atoms with van der Waals surface area (Å²) in [5.41, 5.74) is 2.17. The van der Waals surface area contributed by atoms with Gasteiger partial charge in [-0.2, -0.15) is 0 Å². The number of carbonyl (C=O) groups excluding carboxylic acids is 2. The molecule has 1 aromatic rings. The molecule has 6 heteroatoms. The second-order valence-corrected chi connectivity index (χ2v) is 8.27. The summed E-state index contributed by atoms with van der Waals surface area (Å²) >= 11 is 3.93. The smallest absolute Gasteiger partial charge is 0.224 e. The maximum absolute atomic E-state index is 12.0. The van der Waals surface area contributed by atoms with Crippen molar-refractivity contribution in [3.8, 4) is 0 Å². The molecule has 2 rings (SSSR count). The van der Waals surface area contributed by atoms with E-state index in [1.165, 1.54) is 24.0 Å². The van der Waals surface area contributed by atoms with E-state index in [0.29, 0.717) is 17.5 Å². The quantitative estimate of drug-likeness (QED) is 0.699. The van der Waals surface area contributed by atoms with Crippen LogP contribution in [0.15, 0.2) is 24.3 Å². The topological polar surface area (TPSA) is 58.2 Å². The van der Waals surface area contributed by atoms with E-state index in [0.717, 1.165) is 24.9 Å². The third-order valence-electron chi connectivity index (χ3n) is 3.52. The summed E-state index contributed by atoms with van der Waals surface area (Å²) < 4.78 is 0.501. The van der Waals surface area contributed by atoms with E-state index in [2.05, 4.69) is 22.8 Å². The molecule has 126 valence electrons. The van der Waals surface area contributed by atoms with Crippen molar-refractivity contribution in [2.24, 2.45) is 0 Å². The Morgan fingerprint density at radius 2 is 1.96 bits per heavy atom. The molecule has 0 spiro atoms. The van der Waals surface area contributed by atoms with Crippen molar-refractivity contribution < 1.29 is 9.59 Å². The maximum Gasteiger partial charge on any atom is 0.224 e. The normalized spacial score (nSPS) is 14.7. The summed E-state index contributed by atoms with van der Waals surface area (Å²) in [5.74, 6) is 2.46. The molecular formula is C17H24N2O2S2. The van der Waals surface area contributed by atoms with Crippen molar-refractivity contribution in [3.05, 3.63) is 29.8 Å². The van der Waals surface area contributed by atoms with Crippen LogP contribution in [0.1, 0.15) is 42.8 Å². The number of rotatable bonds is 8. The first-order chi connectivity index (χ1) is 11.1. The van der Waals surface area contributed by atoms with Crippen LogP contribution in [0.3, 0.4) is 0 Å². The number of unbranched alkanes of at least 4 members (excludes halogenated alkanes) is 2. The summed E-state index contributed by atoms with van der Waals surface area (Å²) in [5, 5.41) is 5.75. The summed E-state index contributed by atoms with van der Waals surface area (Å²) in [6.45, 7) is 2.21. The molecule has 1 fully saturated rings. The fraction of sp³-hybridized carbons (Fsp3) is 0.529. The van der Waals surface area contributed by atoms with E-state index in [-0.39, 0.29) is 11.8 Å². The van der Waals surface area contributed by atoms with Crippen LogP contribution >= 0.6 is 23.5 Å². The van der Waals surface area contributed by atoms with Gasteiger partial charge in [0.25, 0.3) is 0 Å². The molecule has 1 aromatic carbocycles. The monoisotopic (exact) mass is 352 g/mol. The van der Waals surface area contributed by atoms with Gasteiger partial charge in [0.05, 0.1) is 4.58 Å². The molecule has 0 saturated carbocycles. The Bertz CT molecular complexity index is 531. The van der Waals surface area contributed by atoms with E-state index in [4.69, 9.17) is 0 Å². The molecular weight excluding hydrogens is 328 g/mol. The largest absolute Gasteiger partial charge is 0.356 e. The average molecular weight is 353 g/mol. The molecule has 4 nitrogen and oxygen atoms in total. The fourth-order valence-electron chi connectivity index (χ4n) is 2.39. The number of thioether (sulfide) groups is 2. The minimum atomic E-state index is 0.00112. The lowest BCUT2D eigenvalue weighted by Crippen LogP contribution is -2.20. The number of benzene rings is 1. The Labute approximate surface area is 146 Å². The van der Waals surface area contributed by atoms with Gasteiger partial charge in [-0.25, -0.2) is 0 Å². The van der Waals surface area contributed by atoms with Gasteiger partial charge >= 0.3 is 0 Å². The minimum absolute atomic E-state index is 0.00112. The summed E-state index contributed by atoms with van der Waals surface area (Å²) in [7, 11) is 0. The van der Waals surface area contributed by atoms with E-state index in [1.54, 1.807) is 0 Å². The lowest BCUT2D eigenvalue weighted by molar-refractivity contribution is -0.119. The van der Waals surface area contributed by atoms with Crippen molar-refractivity contribution in [2.45, 2.75) is 37.2 Å². The second-order valence-electron chi connectivity index (χ2n) is 5.54. The van der Waals surface area contributed by atoms with Gasteiger partial charge in [0.1, 0.15) is 0 Å². The lowest BCUT2D eigenvalue weighted by atomic mass is 10.1. The van der Waals surface area contributed by atoms with Gasteiger partial charge in [-0.1, -0.05) is 18.6 Å². The van der Waals surface area contributed by atoms with E-state index in [9.17, 15) is 9.59 Å². The van der Waals surface area contributed by atoms with Gasteiger partial charge < -0.3 is 10.6 Å². The number of amides is 2. The van der Waals surface area contributed by atoms with Crippen LogP contribution in [0, 0.1) is 0 Å². The van der Waals surface area contributed by atoms with E-state index in [1.807, 2.05) is 35.7 Å². The highest BCUT2D eigenvalue weighted by Gasteiger charge is 2.18. The first kappa shape index (κ1) is 18.2. The number of anilines is 1. The van der Waals surface area contributed by atoms with Crippen LogP contribution in [0.5, 0.6) is 0 Å². The first-order valence-electron chi connectivity index (χ1n) is 8.02. The van der Waals surface area contributed by atoms with Gasteiger partial charge in [0, 0.05) is 37.1 Å². The molecule has 0 aliphatic carbocycles. The maximum atomic E-state index is 12.0. The van der Waals surface area contributed by atoms with Gasteiger partial charge in [-0.05, 0) is 30.5 Å². The summed E-state index contributed by atoms with van der Waals surface area (Å²) in [4.78, 5) is 22.7. The molecule has 0 unspecified atom stereocenters. The SMILES string of the molecule is CC(=O)NCCCCCC(=O)Nc1cccc(C2SCCS2)c1. The Kier molecular flexibility index (Phi) is 7.82. The van der Waals surface area contributed by atoms with Crippen LogP contribution < -0.4 is 10.6 Å². The zero-order valence-electron chi connectivity index (χ0n) is 13.5. The van der Waals surface area contributed by atoms with Gasteiger partial charge in [-0.3, -0.25) is 9.59 Å². The highest BCUT2D eigenvalue weighted by atomic mass is 32.2. The average Bonchev–Trinajstić information content (AvgIpc) is 3.05. The zero-order chi connectivity index (χ0) is 16.5. The predicted molar refractivity (Wildman–Crippen MR) is 99.9 cm³/mol. The van der Waals surface area contributed by atoms with Crippen molar-refractivity contribution in [3.63, 3.8) is 0 Å². The Balaban J connectivity index is 1.68. The second kappa shape index (κ2) is 9.88. The molecule has 1 aliphatic heterocycles. The Morgan fingerprint density at radius 3 is 2.70 bits per heavy atom. The van der Waals surface area contributed by atoms with Crippen molar-refractivity contribution >= 4 is 41.0 Å². The van der Waals surface area contributed by atoms with Crippen molar-refractivity contribution in [1.82, 2.24) is 5.32 Å². The molecule has 0 aromatic heterocycles. The lowest BCUT2D eigenvalue weighted by Gasteiger charge is -2.11. The first-order valence-corrected chi connectivity index (χ1v) is 10.1. The standard InChI is InChI=1S/C17H24N2O2S2/c1-13(20)18-9-4-2-3-8-16(21)19-15-7-5-6-14(12-15)17-22-10-11-23-17/h5-7,12,17H,2-4,8-11H2,1H3,(H,18,20)(H,19,21). The van der Waals surface area contributed by atoms with Crippen LogP contribution in [-0.2, 0) is 9.59 Å². The van der Waals surface area contributed by atoms with Gasteiger partial charge in [0.15, 0.2) is 0 Å². The van der Waals surface area contributed by atoms with E-state index >= 15 is 0 Å². The number of carbonyl (C=O) groups is 2. The molecule has 2 N–H and O–H groups in total. The Morgan fingerprint density at radius 1 is 1.17 bits per heavy atom. The Hall–Kier alpha value is -1.14. The number of hydrogen-bond acceptors (Lipinski definition) is 4. The minimum Gasteiger partial charge on any atom is -0.356 e. The van der Waals surface area contributed by atoms with Crippen LogP contribution in [0.4, 0.5) is 5.69 Å². The van der Waals surface area contributed by atoms with Crippen molar-refractivity contribution in [2.75, 3.05) is 23.4 Å². The summed E-state index contributed by atoms with van der Waals surface area (Å²) in [6, 6.07) is 8.18. The predicted octanol–water partition coefficient (Wildman–Crippen LogP) is 3.80. The highest BCUT2D eigenvalue weighted by Crippen LogP contribution is 2.45. The molecule has 1 aliphatic rings. The van der Waals surface area contributed by atoms with Crippen LogP contribution in [0.25, 0.3) is 0 Å². The van der Waals surface area contributed by atoms with Gasteiger partial charge in [-0.15, -0.1) is 23.5 Å². The molecule has 1 heterocycles. The molecule has 0 radical (unpaired) electrons. The summed E-state index contributed by atoms with van der Waals surface area (Å²) in [6.07, 6.45) is 3.23. The fourth-order valence-corrected chi connectivity index (χ4v) is 5.23. The van der Waals surface area contributed by atoms with E-state index < -0.39 is 0 Å². The third kappa shape index (κ3) is 6.87. The van der Waals surface area contributed by atoms with Gasteiger partial charge in [0.2, 0.25) is 11.8 Å². The number of nitrogens with one attached hydrogen (secondary N) is 2. The number of hydrogen-bond donors (Lipinski definition) is 2.